The predicted octanol–water partition coefficient (Wildman–Crippen LogP) is 3.40. The maximum absolute atomic E-state index is 12.0. The Morgan fingerprint density at radius 2 is 2.14 bits per heavy atom. The van der Waals surface area contributed by atoms with Crippen LogP contribution in [0.5, 0.6) is 0 Å². The Labute approximate surface area is 129 Å². The summed E-state index contributed by atoms with van der Waals surface area (Å²) in [6.45, 7) is 1.74. The molecule has 0 saturated carbocycles. The minimum Gasteiger partial charge on any atom is -0.466 e. The molecule has 1 heterocycles. The smallest absolute Gasteiger partial charge is 0.335 e. The van der Waals surface area contributed by atoms with Crippen LogP contribution in [0.2, 0.25) is 5.02 Å². The molecule has 0 amide bonds. The zero-order valence-electron chi connectivity index (χ0n) is 12.0. The molecule has 1 aliphatic carbocycles. The lowest BCUT2D eigenvalue weighted by Crippen LogP contribution is -2.35. The van der Waals surface area contributed by atoms with Gasteiger partial charge in [-0.2, -0.15) is 0 Å². The van der Waals surface area contributed by atoms with Gasteiger partial charge in [0.05, 0.1) is 12.7 Å². The molecule has 0 saturated heterocycles. The Hall–Kier alpha value is -1.74. The van der Waals surface area contributed by atoms with Crippen LogP contribution in [0.25, 0.3) is 0 Å². The third kappa shape index (κ3) is 2.98. The third-order valence-electron chi connectivity index (χ3n) is 4.16. The number of benzene rings is 1. The summed E-state index contributed by atoms with van der Waals surface area (Å²) < 4.78 is 4.93. The van der Waals surface area contributed by atoms with Crippen LogP contribution in [-0.2, 0) is 16.1 Å². The molecular weight excluding hydrogens is 286 g/mol. The number of ether oxygens (including phenoxy) is 1. The number of rotatable bonds is 3. The van der Waals surface area contributed by atoms with Crippen molar-refractivity contribution in [2.45, 2.75) is 13.0 Å². The molecule has 2 aliphatic rings. The van der Waals surface area contributed by atoms with Gasteiger partial charge >= 0.3 is 5.97 Å². The van der Waals surface area contributed by atoms with E-state index in [2.05, 4.69) is 17.1 Å². The highest BCUT2D eigenvalue weighted by atomic mass is 35.5. The third-order valence-corrected chi connectivity index (χ3v) is 4.41. The Kier molecular flexibility index (Phi) is 4.02. The minimum atomic E-state index is -0.225. The van der Waals surface area contributed by atoms with E-state index in [1.54, 1.807) is 0 Å². The first-order valence-electron chi connectivity index (χ1n) is 7.12. The molecule has 0 spiro atoms. The normalized spacial score (nSPS) is 23.7. The molecule has 0 fully saturated rings. The van der Waals surface area contributed by atoms with E-state index >= 15 is 0 Å². The van der Waals surface area contributed by atoms with Crippen molar-refractivity contribution in [3.8, 4) is 0 Å². The van der Waals surface area contributed by atoms with Gasteiger partial charge < -0.3 is 9.64 Å². The van der Waals surface area contributed by atoms with Crippen molar-refractivity contribution < 1.29 is 9.53 Å². The summed E-state index contributed by atoms with van der Waals surface area (Å²) in [5, 5.41) is 0.739. The van der Waals surface area contributed by atoms with Gasteiger partial charge in [-0.25, -0.2) is 4.79 Å². The molecule has 0 aromatic heterocycles. The molecular formula is C17H18ClNO2. The summed E-state index contributed by atoms with van der Waals surface area (Å²) >= 11 is 5.92. The van der Waals surface area contributed by atoms with E-state index in [1.165, 1.54) is 12.7 Å². The van der Waals surface area contributed by atoms with E-state index in [0.29, 0.717) is 5.92 Å². The van der Waals surface area contributed by atoms with E-state index in [4.69, 9.17) is 16.3 Å². The molecule has 0 N–H and O–H groups in total. The second-order valence-corrected chi connectivity index (χ2v) is 6.02. The Balaban J connectivity index is 1.81. The predicted molar refractivity (Wildman–Crippen MR) is 82.7 cm³/mol. The van der Waals surface area contributed by atoms with Gasteiger partial charge in [-0.05, 0) is 30.0 Å². The fourth-order valence-electron chi connectivity index (χ4n) is 3.13. The van der Waals surface area contributed by atoms with Gasteiger partial charge in [0.15, 0.2) is 0 Å². The molecule has 110 valence electrons. The van der Waals surface area contributed by atoms with Gasteiger partial charge in [-0.1, -0.05) is 35.9 Å². The van der Waals surface area contributed by atoms with Gasteiger partial charge in [0.25, 0.3) is 0 Å². The van der Waals surface area contributed by atoms with Gasteiger partial charge in [-0.3, -0.25) is 0 Å². The van der Waals surface area contributed by atoms with E-state index < -0.39 is 0 Å². The average Bonchev–Trinajstić information content (AvgIpc) is 2.96. The first kappa shape index (κ1) is 14.2. The first-order valence-corrected chi connectivity index (χ1v) is 7.50. The summed E-state index contributed by atoms with van der Waals surface area (Å²) in [5.41, 5.74) is 1.95. The molecule has 1 aromatic carbocycles. The molecule has 1 aromatic rings. The quantitative estimate of drug-likeness (QED) is 0.633. The molecule has 21 heavy (non-hydrogen) atoms. The average molecular weight is 304 g/mol. The van der Waals surface area contributed by atoms with Crippen molar-refractivity contribution in [2.24, 2.45) is 11.8 Å². The number of carbonyl (C=O) groups excluding carboxylic acids is 1. The van der Waals surface area contributed by atoms with Crippen LogP contribution in [0.1, 0.15) is 12.0 Å². The summed E-state index contributed by atoms with van der Waals surface area (Å²) in [4.78, 5) is 14.2. The van der Waals surface area contributed by atoms with E-state index in [1.807, 2.05) is 30.5 Å². The Morgan fingerprint density at radius 3 is 2.86 bits per heavy atom. The SMILES string of the molecule is COC(=O)C1=CN(Cc2ccc(Cl)cc2)C[C@@H]2CC=C[C@H]12. The monoisotopic (exact) mass is 303 g/mol. The maximum atomic E-state index is 12.0. The summed E-state index contributed by atoms with van der Waals surface area (Å²) in [5.74, 6) is 0.452. The number of hydrogen-bond acceptors (Lipinski definition) is 3. The molecule has 0 unspecified atom stereocenters. The van der Waals surface area contributed by atoms with E-state index in [0.717, 1.165) is 30.1 Å². The number of esters is 1. The minimum absolute atomic E-state index is 0.207. The van der Waals surface area contributed by atoms with Crippen LogP contribution in [0.15, 0.2) is 48.2 Å². The second kappa shape index (κ2) is 5.94. The van der Waals surface area contributed by atoms with Gasteiger partial charge in [-0.15, -0.1) is 0 Å². The molecule has 4 heteroatoms. The first-order chi connectivity index (χ1) is 10.2. The number of halogens is 1. The molecule has 0 bridgehead atoms. The van der Waals surface area contributed by atoms with Crippen LogP contribution in [-0.4, -0.2) is 24.5 Å². The van der Waals surface area contributed by atoms with Gasteiger partial charge in [0, 0.05) is 30.2 Å². The van der Waals surface area contributed by atoms with Crippen LogP contribution in [0.4, 0.5) is 0 Å². The Bertz CT molecular complexity index is 591. The van der Waals surface area contributed by atoms with Crippen molar-refractivity contribution >= 4 is 17.6 Å². The fraction of sp³-hybridized carbons (Fsp3) is 0.353. The number of allylic oxidation sites excluding steroid dienone is 2. The largest absolute Gasteiger partial charge is 0.466 e. The molecule has 3 nitrogen and oxygen atoms in total. The number of fused-ring (bicyclic) bond motifs is 1. The zero-order chi connectivity index (χ0) is 14.8. The number of nitrogens with zero attached hydrogens (tertiary/aromatic N) is 1. The van der Waals surface area contributed by atoms with Crippen LogP contribution in [0.3, 0.4) is 0 Å². The van der Waals surface area contributed by atoms with Crippen molar-refractivity contribution in [1.82, 2.24) is 4.90 Å². The summed E-state index contributed by atoms with van der Waals surface area (Å²) in [6.07, 6.45) is 7.28. The van der Waals surface area contributed by atoms with Crippen molar-refractivity contribution in [2.75, 3.05) is 13.7 Å². The number of methoxy groups -OCH3 is 1. The number of hydrogen-bond donors (Lipinski definition) is 0. The highest BCUT2D eigenvalue weighted by Crippen LogP contribution is 2.36. The van der Waals surface area contributed by atoms with Crippen molar-refractivity contribution in [1.29, 1.82) is 0 Å². The Morgan fingerprint density at radius 1 is 1.38 bits per heavy atom. The van der Waals surface area contributed by atoms with E-state index in [9.17, 15) is 4.79 Å². The maximum Gasteiger partial charge on any atom is 0.335 e. The standard InChI is InChI=1S/C17H18ClNO2/c1-21-17(20)16-11-19(10-13-3-2-4-15(13)16)9-12-5-7-14(18)8-6-12/h2,4-8,11,13,15H,3,9-10H2,1H3/t13-,15-/m0/s1. The van der Waals surface area contributed by atoms with Crippen LogP contribution in [0, 0.1) is 11.8 Å². The van der Waals surface area contributed by atoms with Gasteiger partial charge in [0.2, 0.25) is 0 Å². The molecule has 1 aliphatic heterocycles. The topological polar surface area (TPSA) is 29.5 Å². The van der Waals surface area contributed by atoms with Crippen molar-refractivity contribution in [3.05, 3.63) is 58.8 Å². The van der Waals surface area contributed by atoms with Crippen LogP contribution >= 0.6 is 11.6 Å². The van der Waals surface area contributed by atoms with Gasteiger partial charge in [0.1, 0.15) is 0 Å². The molecule has 0 radical (unpaired) electrons. The lowest BCUT2D eigenvalue weighted by Gasteiger charge is -2.34. The van der Waals surface area contributed by atoms with Crippen molar-refractivity contribution in [3.63, 3.8) is 0 Å². The lowest BCUT2D eigenvalue weighted by atomic mass is 9.85. The fourth-order valence-corrected chi connectivity index (χ4v) is 3.25. The number of carbonyl (C=O) groups is 1. The highest BCUT2D eigenvalue weighted by molar-refractivity contribution is 6.30. The second-order valence-electron chi connectivity index (χ2n) is 5.58. The summed E-state index contributed by atoms with van der Waals surface area (Å²) in [6, 6.07) is 7.83. The lowest BCUT2D eigenvalue weighted by molar-refractivity contribution is -0.137. The van der Waals surface area contributed by atoms with E-state index in [-0.39, 0.29) is 11.9 Å². The zero-order valence-corrected chi connectivity index (χ0v) is 12.7. The molecule has 3 rings (SSSR count). The summed E-state index contributed by atoms with van der Waals surface area (Å²) in [7, 11) is 1.44. The molecule has 2 atom stereocenters. The van der Waals surface area contributed by atoms with Crippen LogP contribution < -0.4 is 0 Å². The highest BCUT2D eigenvalue weighted by Gasteiger charge is 2.35.